The van der Waals surface area contributed by atoms with Gasteiger partial charge in [-0.2, -0.15) is 0 Å². The molecular formula is C22H19ClFN6O2+. The van der Waals surface area contributed by atoms with Gasteiger partial charge in [0.05, 0.1) is 0 Å². The van der Waals surface area contributed by atoms with Gasteiger partial charge < -0.3 is 0 Å². The number of rotatable bonds is 3. The number of carbonyl (C=O) groups excluding carboxylic acids is 2. The van der Waals surface area contributed by atoms with E-state index in [1.54, 1.807) is 30.3 Å². The second kappa shape index (κ2) is 7.52. The average molecular weight is 454 g/mol. The Hall–Kier alpha value is -3.59. The number of urea groups is 1. The fraction of sp³-hybridized carbons (Fsp3) is 0.227. The van der Waals surface area contributed by atoms with E-state index >= 15 is 0 Å². The molecule has 3 aliphatic rings. The smallest absolute Gasteiger partial charge is 0.270 e. The summed E-state index contributed by atoms with van der Waals surface area (Å²) in [6.45, 7) is 0.633. The first-order chi connectivity index (χ1) is 15.3. The van der Waals surface area contributed by atoms with Gasteiger partial charge in [0.15, 0.2) is 0 Å². The number of amides is 3. The fourth-order valence-electron chi connectivity index (χ4n) is 4.04. The maximum atomic E-state index is 13.5. The molecule has 5 rings (SSSR count). The second-order valence-electron chi connectivity index (χ2n) is 7.78. The van der Waals surface area contributed by atoms with Crippen molar-refractivity contribution in [2.75, 3.05) is 20.6 Å². The first-order valence-corrected chi connectivity index (χ1v) is 10.3. The number of hydrazone groups is 1. The Balaban J connectivity index is 1.59. The van der Waals surface area contributed by atoms with E-state index in [0.29, 0.717) is 29.1 Å². The summed E-state index contributed by atoms with van der Waals surface area (Å²) in [5, 5.41) is 7.05. The fourth-order valence-corrected chi connectivity index (χ4v) is 4.26. The van der Waals surface area contributed by atoms with Crippen LogP contribution in [-0.2, 0) is 11.3 Å². The Labute approximate surface area is 188 Å². The number of nitrogens with zero attached hydrogens (tertiary/aromatic N) is 6. The van der Waals surface area contributed by atoms with E-state index in [-0.39, 0.29) is 18.3 Å². The van der Waals surface area contributed by atoms with Crippen molar-refractivity contribution < 1.29 is 18.6 Å². The molecule has 1 saturated heterocycles. The van der Waals surface area contributed by atoms with E-state index in [1.807, 2.05) is 22.8 Å². The average Bonchev–Trinajstić information content (AvgIpc) is 3.17. The maximum Gasteiger partial charge on any atom is 0.417 e. The zero-order valence-electron chi connectivity index (χ0n) is 17.4. The molecule has 1 atom stereocenters. The molecule has 1 fully saturated rings. The van der Waals surface area contributed by atoms with Crippen LogP contribution in [0.1, 0.15) is 11.1 Å². The van der Waals surface area contributed by atoms with Gasteiger partial charge in [-0.1, -0.05) is 40.9 Å². The van der Waals surface area contributed by atoms with Crippen LogP contribution in [0, 0.1) is 5.82 Å². The van der Waals surface area contributed by atoms with Crippen molar-refractivity contribution >= 4 is 41.0 Å². The number of benzene rings is 2. The van der Waals surface area contributed by atoms with Gasteiger partial charge in [-0.3, -0.25) is 14.6 Å². The molecule has 3 amide bonds. The van der Waals surface area contributed by atoms with Crippen LogP contribution < -0.4 is 0 Å². The molecule has 32 heavy (non-hydrogen) atoms. The highest BCUT2D eigenvalue weighted by Crippen LogP contribution is 2.25. The topological polar surface area (TPSA) is 71.6 Å². The highest BCUT2D eigenvalue weighted by atomic mass is 35.5. The van der Waals surface area contributed by atoms with Gasteiger partial charge in [-0.05, 0) is 29.8 Å². The largest absolute Gasteiger partial charge is 0.417 e. The van der Waals surface area contributed by atoms with Gasteiger partial charge >= 0.3 is 12.0 Å². The SMILES string of the molecule is CN1C(=O)C2C(=NC3=[N+]2CC(c2ccc(F)cc2)=NN3Cc2cccc(Cl)c2)N(C)C1=O. The van der Waals surface area contributed by atoms with Crippen LogP contribution in [0.15, 0.2) is 58.6 Å². The van der Waals surface area contributed by atoms with Gasteiger partial charge in [-0.15, -0.1) is 10.1 Å². The second-order valence-corrected chi connectivity index (χ2v) is 8.22. The number of imide groups is 1. The zero-order chi connectivity index (χ0) is 22.6. The molecule has 2 aromatic carbocycles. The summed E-state index contributed by atoms with van der Waals surface area (Å²) >= 11 is 6.15. The van der Waals surface area contributed by atoms with Gasteiger partial charge in [0.25, 0.3) is 5.91 Å². The third-order valence-electron chi connectivity index (χ3n) is 5.70. The normalized spacial score (nSPS) is 20.4. The first kappa shape index (κ1) is 20.3. The highest BCUT2D eigenvalue weighted by molar-refractivity contribution is 6.30. The number of carbonyl (C=O) groups is 2. The summed E-state index contributed by atoms with van der Waals surface area (Å²) in [5.41, 5.74) is 2.29. The molecular weight excluding hydrogens is 435 g/mol. The van der Waals surface area contributed by atoms with Crippen molar-refractivity contribution in [3.05, 3.63) is 70.5 Å². The van der Waals surface area contributed by atoms with Crippen LogP contribution in [0.3, 0.4) is 0 Å². The lowest BCUT2D eigenvalue weighted by atomic mass is 10.1. The molecule has 0 radical (unpaired) electrons. The van der Waals surface area contributed by atoms with Crippen molar-refractivity contribution in [3.63, 3.8) is 0 Å². The van der Waals surface area contributed by atoms with E-state index in [0.717, 1.165) is 16.0 Å². The molecule has 0 N–H and O–H groups in total. The molecule has 3 heterocycles. The number of hydrogen-bond acceptors (Lipinski definition) is 5. The summed E-state index contributed by atoms with van der Waals surface area (Å²) in [6.07, 6.45) is 0. The Morgan fingerprint density at radius 1 is 1.12 bits per heavy atom. The summed E-state index contributed by atoms with van der Waals surface area (Å²) in [7, 11) is 3.05. The monoisotopic (exact) mass is 453 g/mol. The van der Waals surface area contributed by atoms with Crippen molar-refractivity contribution in [2.24, 2.45) is 10.1 Å². The standard InChI is InChI=1S/C22H19ClFN6O2/c1-27-19-18(20(31)28(2)22(27)32)29-12-17(14-6-8-16(24)9-7-14)26-30(21(29)25-19)11-13-4-3-5-15(23)10-13/h3-10,18H,11-12H2,1-2H3/q+1. The summed E-state index contributed by atoms with van der Waals surface area (Å²) in [5.74, 6) is 0.132. The van der Waals surface area contributed by atoms with E-state index in [9.17, 15) is 14.0 Å². The quantitative estimate of drug-likeness (QED) is 0.670. The van der Waals surface area contributed by atoms with Crippen LogP contribution in [0.4, 0.5) is 9.18 Å². The summed E-state index contributed by atoms with van der Waals surface area (Å²) in [4.78, 5) is 32.6. The molecule has 0 aliphatic carbocycles. The zero-order valence-corrected chi connectivity index (χ0v) is 18.1. The number of aliphatic imine (C=N–C) groups is 1. The lowest BCUT2D eigenvalue weighted by molar-refractivity contribution is -0.527. The molecule has 8 nitrogen and oxygen atoms in total. The molecule has 0 spiro atoms. The highest BCUT2D eigenvalue weighted by Gasteiger charge is 2.54. The molecule has 2 aromatic rings. The van der Waals surface area contributed by atoms with Gasteiger partial charge in [0, 0.05) is 24.7 Å². The van der Waals surface area contributed by atoms with Crippen molar-refractivity contribution in [1.29, 1.82) is 0 Å². The van der Waals surface area contributed by atoms with Gasteiger partial charge in [-0.25, -0.2) is 13.8 Å². The minimum atomic E-state index is -0.745. The van der Waals surface area contributed by atoms with Crippen molar-refractivity contribution in [3.8, 4) is 0 Å². The number of fused-ring (bicyclic) bond motifs is 2. The number of guanidine groups is 1. The minimum absolute atomic E-state index is 0.284. The summed E-state index contributed by atoms with van der Waals surface area (Å²) < 4.78 is 15.3. The lowest BCUT2D eigenvalue weighted by Gasteiger charge is -2.32. The molecule has 162 valence electrons. The molecule has 0 aromatic heterocycles. The van der Waals surface area contributed by atoms with Crippen LogP contribution >= 0.6 is 11.6 Å². The van der Waals surface area contributed by atoms with E-state index in [4.69, 9.17) is 16.7 Å². The Morgan fingerprint density at radius 2 is 1.88 bits per heavy atom. The van der Waals surface area contributed by atoms with Gasteiger partial charge in [0.2, 0.25) is 11.9 Å². The predicted molar refractivity (Wildman–Crippen MR) is 117 cm³/mol. The number of likely N-dealkylation sites (N-methyl/N-ethyl adjacent to an activating group) is 2. The summed E-state index contributed by atoms with van der Waals surface area (Å²) in [6, 6.07) is 12.2. The number of amidine groups is 1. The maximum absolute atomic E-state index is 13.5. The van der Waals surface area contributed by atoms with Gasteiger partial charge in [0.1, 0.15) is 24.6 Å². The predicted octanol–water partition coefficient (Wildman–Crippen LogP) is 2.37. The Morgan fingerprint density at radius 3 is 2.59 bits per heavy atom. The Bertz CT molecular complexity index is 1240. The third-order valence-corrected chi connectivity index (χ3v) is 5.94. The first-order valence-electron chi connectivity index (χ1n) is 9.96. The van der Waals surface area contributed by atoms with Crippen molar-refractivity contribution in [2.45, 2.75) is 12.6 Å². The van der Waals surface area contributed by atoms with Crippen LogP contribution in [0.2, 0.25) is 5.02 Å². The van der Waals surface area contributed by atoms with E-state index < -0.39 is 12.1 Å². The Kier molecular flexibility index (Phi) is 4.78. The van der Waals surface area contributed by atoms with Crippen LogP contribution in [0.25, 0.3) is 0 Å². The minimum Gasteiger partial charge on any atom is -0.270 e. The number of hydrogen-bond donors (Lipinski definition) is 0. The molecule has 1 unspecified atom stereocenters. The van der Waals surface area contributed by atoms with Crippen molar-refractivity contribution in [1.82, 2.24) is 14.8 Å². The van der Waals surface area contributed by atoms with Crippen LogP contribution in [-0.4, -0.2) is 75.5 Å². The molecule has 0 bridgehead atoms. The lowest BCUT2D eigenvalue weighted by Crippen LogP contribution is -2.62. The third kappa shape index (κ3) is 3.25. The van der Waals surface area contributed by atoms with Crippen LogP contribution in [0.5, 0.6) is 0 Å². The molecule has 10 heteroatoms. The molecule has 0 saturated carbocycles. The van der Waals surface area contributed by atoms with E-state index in [2.05, 4.69) is 4.99 Å². The molecule has 3 aliphatic heterocycles. The van der Waals surface area contributed by atoms with E-state index in [1.165, 1.54) is 24.1 Å². The number of halogens is 2.